The van der Waals surface area contributed by atoms with Crippen molar-refractivity contribution >= 4 is 11.9 Å². The SMILES string of the molecule is CCCN1C(=O)NC(=N)C1CCc1ccccc1. The van der Waals surface area contributed by atoms with Gasteiger partial charge in [0, 0.05) is 6.54 Å². The fourth-order valence-corrected chi connectivity index (χ4v) is 2.31. The smallest absolute Gasteiger partial charge is 0.314 e. The number of nitrogens with zero attached hydrogens (tertiary/aromatic N) is 1. The van der Waals surface area contributed by atoms with Crippen LogP contribution in [0, 0.1) is 5.41 Å². The largest absolute Gasteiger partial charge is 0.323 e. The molecule has 4 nitrogen and oxygen atoms in total. The van der Waals surface area contributed by atoms with E-state index in [2.05, 4.69) is 17.4 Å². The van der Waals surface area contributed by atoms with Gasteiger partial charge in [0.15, 0.2) is 0 Å². The van der Waals surface area contributed by atoms with Crippen LogP contribution in [-0.4, -0.2) is 29.4 Å². The Morgan fingerprint density at radius 3 is 2.72 bits per heavy atom. The molecule has 0 aromatic heterocycles. The molecule has 0 saturated carbocycles. The Morgan fingerprint density at radius 2 is 2.06 bits per heavy atom. The number of benzene rings is 1. The maximum absolute atomic E-state index is 11.7. The second kappa shape index (κ2) is 5.67. The molecule has 2 rings (SSSR count). The molecule has 1 aliphatic heterocycles. The minimum Gasteiger partial charge on any atom is -0.314 e. The third kappa shape index (κ3) is 2.70. The van der Waals surface area contributed by atoms with Gasteiger partial charge in [-0.05, 0) is 24.8 Å². The summed E-state index contributed by atoms with van der Waals surface area (Å²) in [7, 11) is 0. The number of urea groups is 1. The summed E-state index contributed by atoms with van der Waals surface area (Å²) in [6.45, 7) is 2.76. The minimum absolute atomic E-state index is 0.0855. The molecule has 0 spiro atoms. The van der Waals surface area contributed by atoms with Crippen molar-refractivity contribution in [1.29, 1.82) is 5.41 Å². The van der Waals surface area contributed by atoms with Gasteiger partial charge in [0.05, 0.1) is 6.04 Å². The van der Waals surface area contributed by atoms with Gasteiger partial charge in [0.25, 0.3) is 0 Å². The van der Waals surface area contributed by atoms with Crippen LogP contribution >= 0.6 is 0 Å². The fourth-order valence-electron chi connectivity index (χ4n) is 2.31. The molecule has 0 aliphatic carbocycles. The zero-order chi connectivity index (χ0) is 13.0. The van der Waals surface area contributed by atoms with Gasteiger partial charge in [0.2, 0.25) is 0 Å². The van der Waals surface area contributed by atoms with Crippen molar-refractivity contribution in [2.75, 3.05) is 6.54 Å². The number of carbonyl (C=O) groups is 1. The van der Waals surface area contributed by atoms with E-state index in [0.29, 0.717) is 12.4 Å². The first-order valence-electron chi connectivity index (χ1n) is 6.42. The summed E-state index contributed by atoms with van der Waals surface area (Å²) in [4.78, 5) is 13.4. The number of hydrogen-bond acceptors (Lipinski definition) is 2. The Morgan fingerprint density at radius 1 is 1.33 bits per heavy atom. The Kier molecular flexibility index (Phi) is 3.97. The molecule has 1 unspecified atom stereocenters. The van der Waals surface area contributed by atoms with Gasteiger partial charge in [-0.1, -0.05) is 37.3 Å². The molecule has 1 fully saturated rings. The number of amidine groups is 1. The van der Waals surface area contributed by atoms with Crippen LogP contribution in [0.5, 0.6) is 0 Å². The number of aryl methyl sites for hydroxylation is 1. The molecule has 18 heavy (non-hydrogen) atoms. The third-order valence-electron chi connectivity index (χ3n) is 3.23. The van der Waals surface area contributed by atoms with E-state index < -0.39 is 0 Å². The van der Waals surface area contributed by atoms with E-state index in [9.17, 15) is 4.79 Å². The molecule has 0 radical (unpaired) electrons. The lowest BCUT2D eigenvalue weighted by Crippen LogP contribution is -2.35. The van der Waals surface area contributed by atoms with E-state index in [0.717, 1.165) is 19.3 Å². The van der Waals surface area contributed by atoms with Gasteiger partial charge in [-0.3, -0.25) is 10.7 Å². The van der Waals surface area contributed by atoms with Crippen molar-refractivity contribution in [3.8, 4) is 0 Å². The van der Waals surface area contributed by atoms with Crippen LogP contribution in [0.4, 0.5) is 4.79 Å². The molecule has 1 atom stereocenters. The molecule has 2 amide bonds. The summed E-state index contributed by atoms with van der Waals surface area (Å²) >= 11 is 0. The summed E-state index contributed by atoms with van der Waals surface area (Å²) in [5, 5.41) is 10.4. The van der Waals surface area contributed by atoms with Crippen LogP contribution in [0.3, 0.4) is 0 Å². The second-order valence-electron chi connectivity index (χ2n) is 4.58. The quantitative estimate of drug-likeness (QED) is 0.822. The van der Waals surface area contributed by atoms with Crippen LogP contribution in [0.25, 0.3) is 0 Å². The average Bonchev–Trinajstić information content (AvgIpc) is 2.64. The molecule has 1 saturated heterocycles. The number of carbonyl (C=O) groups excluding carboxylic acids is 1. The first kappa shape index (κ1) is 12.6. The molecule has 2 N–H and O–H groups in total. The van der Waals surface area contributed by atoms with Crippen molar-refractivity contribution < 1.29 is 4.79 Å². The molecule has 1 aromatic rings. The topological polar surface area (TPSA) is 56.2 Å². The highest BCUT2D eigenvalue weighted by Crippen LogP contribution is 2.15. The van der Waals surface area contributed by atoms with Gasteiger partial charge in [-0.2, -0.15) is 0 Å². The first-order chi connectivity index (χ1) is 8.72. The molecular formula is C14H19N3O. The van der Waals surface area contributed by atoms with Crippen molar-refractivity contribution in [3.05, 3.63) is 35.9 Å². The number of amides is 2. The zero-order valence-electron chi connectivity index (χ0n) is 10.6. The third-order valence-corrected chi connectivity index (χ3v) is 3.23. The van der Waals surface area contributed by atoms with Crippen molar-refractivity contribution in [3.63, 3.8) is 0 Å². The highest BCUT2D eigenvalue weighted by atomic mass is 16.2. The summed E-state index contributed by atoms with van der Waals surface area (Å²) in [5.41, 5.74) is 1.25. The van der Waals surface area contributed by atoms with Crippen LogP contribution in [0.1, 0.15) is 25.3 Å². The highest BCUT2D eigenvalue weighted by molar-refractivity contribution is 6.05. The van der Waals surface area contributed by atoms with E-state index in [4.69, 9.17) is 5.41 Å². The van der Waals surface area contributed by atoms with E-state index >= 15 is 0 Å². The van der Waals surface area contributed by atoms with E-state index in [1.165, 1.54) is 5.56 Å². The highest BCUT2D eigenvalue weighted by Gasteiger charge is 2.34. The summed E-state index contributed by atoms with van der Waals surface area (Å²) in [6, 6.07) is 9.98. The standard InChI is InChI=1S/C14H19N3O/c1-2-10-17-12(13(15)16-14(17)18)9-8-11-6-4-3-5-7-11/h3-7,12H,2,8-10H2,1H3,(H2,15,16,18). The number of rotatable bonds is 5. The molecular weight excluding hydrogens is 226 g/mol. The molecule has 96 valence electrons. The Hall–Kier alpha value is -1.84. The summed E-state index contributed by atoms with van der Waals surface area (Å²) in [6.07, 6.45) is 2.62. The maximum Gasteiger partial charge on any atom is 0.323 e. The molecule has 1 aromatic carbocycles. The summed E-state index contributed by atoms with van der Waals surface area (Å²) < 4.78 is 0. The normalized spacial score (nSPS) is 19.2. The Labute approximate surface area is 108 Å². The van der Waals surface area contributed by atoms with Crippen molar-refractivity contribution in [1.82, 2.24) is 10.2 Å². The van der Waals surface area contributed by atoms with Crippen LogP contribution in [-0.2, 0) is 6.42 Å². The Balaban J connectivity index is 1.98. The zero-order valence-corrected chi connectivity index (χ0v) is 10.6. The van der Waals surface area contributed by atoms with Crippen LogP contribution in [0.2, 0.25) is 0 Å². The molecule has 1 heterocycles. The minimum atomic E-state index is -0.125. The fraction of sp³-hybridized carbons (Fsp3) is 0.429. The molecule has 0 bridgehead atoms. The maximum atomic E-state index is 11.7. The van der Waals surface area contributed by atoms with Crippen molar-refractivity contribution in [2.45, 2.75) is 32.2 Å². The summed E-state index contributed by atoms with van der Waals surface area (Å²) in [5.74, 6) is 0.337. The predicted molar refractivity (Wildman–Crippen MR) is 71.8 cm³/mol. The predicted octanol–water partition coefficient (Wildman–Crippen LogP) is 2.40. The molecule has 1 aliphatic rings. The average molecular weight is 245 g/mol. The lowest BCUT2D eigenvalue weighted by Gasteiger charge is -2.21. The van der Waals surface area contributed by atoms with E-state index in [1.807, 2.05) is 25.1 Å². The number of hydrogen-bond donors (Lipinski definition) is 2. The van der Waals surface area contributed by atoms with Gasteiger partial charge < -0.3 is 4.90 Å². The lowest BCUT2D eigenvalue weighted by molar-refractivity contribution is 0.203. The van der Waals surface area contributed by atoms with E-state index in [1.54, 1.807) is 4.90 Å². The molecule has 4 heteroatoms. The Bertz CT molecular complexity index is 430. The van der Waals surface area contributed by atoms with Gasteiger partial charge in [-0.25, -0.2) is 4.79 Å². The van der Waals surface area contributed by atoms with E-state index in [-0.39, 0.29) is 12.1 Å². The van der Waals surface area contributed by atoms with Gasteiger partial charge >= 0.3 is 6.03 Å². The van der Waals surface area contributed by atoms with Gasteiger partial charge in [-0.15, -0.1) is 0 Å². The lowest BCUT2D eigenvalue weighted by atomic mass is 10.0. The van der Waals surface area contributed by atoms with Crippen LogP contribution in [0.15, 0.2) is 30.3 Å². The van der Waals surface area contributed by atoms with Crippen molar-refractivity contribution in [2.24, 2.45) is 0 Å². The van der Waals surface area contributed by atoms with Crippen LogP contribution < -0.4 is 5.32 Å². The number of nitrogens with one attached hydrogen (secondary N) is 2. The monoisotopic (exact) mass is 245 g/mol. The first-order valence-corrected chi connectivity index (χ1v) is 6.42. The second-order valence-corrected chi connectivity index (χ2v) is 4.58. The van der Waals surface area contributed by atoms with Gasteiger partial charge in [0.1, 0.15) is 5.84 Å².